The molecular weight excluding hydrogens is 244 g/mol. The topological polar surface area (TPSA) is 109 Å². The van der Waals surface area contributed by atoms with Gasteiger partial charge >= 0.3 is 5.97 Å². The summed E-state index contributed by atoms with van der Waals surface area (Å²) in [5.74, 6) is -1.35. The van der Waals surface area contributed by atoms with Crippen LogP contribution in [0.3, 0.4) is 0 Å². The second-order valence-electron chi connectivity index (χ2n) is 4.28. The number of primary amides is 1. The van der Waals surface area contributed by atoms with Crippen LogP contribution in [0.1, 0.15) is 26.7 Å². The van der Waals surface area contributed by atoms with Crippen LogP contribution in [0, 0.1) is 0 Å². The van der Waals surface area contributed by atoms with Crippen LogP contribution in [0.5, 0.6) is 0 Å². The summed E-state index contributed by atoms with van der Waals surface area (Å²) < 4.78 is 0. The van der Waals surface area contributed by atoms with Gasteiger partial charge in [-0.25, -0.2) is 0 Å². The highest BCUT2D eigenvalue weighted by atomic mass is 32.2. The molecule has 0 heterocycles. The average molecular weight is 262 g/mol. The van der Waals surface area contributed by atoms with Crippen molar-refractivity contribution in [1.82, 2.24) is 5.32 Å². The quantitative estimate of drug-likeness (QED) is 0.569. The summed E-state index contributed by atoms with van der Waals surface area (Å²) in [7, 11) is 0. The van der Waals surface area contributed by atoms with E-state index in [0.29, 0.717) is 6.42 Å². The molecule has 0 aromatic heterocycles. The zero-order valence-electron chi connectivity index (χ0n) is 9.99. The molecule has 0 bridgehead atoms. The summed E-state index contributed by atoms with van der Waals surface area (Å²) in [6.07, 6.45) is 0.357. The monoisotopic (exact) mass is 262 g/mol. The number of nitrogens with two attached hydrogens (primary N) is 1. The molecule has 0 aromatic rings. The Bertz CT molecular complexity index is 305. The molecule has 6 nitrogen and oxygen atoms in total. The highest BCUT2D eigenvalue weighted by molar-refractivity contribution is 8.00. The van der Waals surface area contributed by atoms with Crippen LogP contribution in [0.2, 0.25) is 0 Å². The van der Waals surface area contributed by atoms with Gasteiger partial charge in [-0.3, -0.25) is 14.4 Å². The first-order chi connectivity index (χ1) is 7.73. The summed E-state index contributed by atoms with van der Waals surface area (Å²) >= 11 is 1.13. The smallest absolute Gasteiger partial charge is 0.303 e. The second kappa shape index (κ2) is 7.16. The minimum atomic E-state index is -0.893. The normalized spacial score (nSPS) is 10.9. The molecule has 0 saturated heterocycles. The van der Waals surface area contributed by atoms with Crippen molar-refractivity contribution in [3.8, 4) is 0 Å². The van der Waals surface area contributed by atoms with Crippen molar-refractivity contribution in [2.24, 2.45) is 5.73 Å². The molecule has 98 valence electrons. The number of hydrogen-bond donors (Lipinski definition) is 3. The number of thioether (sulfide) groups is 1. The van der Waals surface area contributed by atoms with Crippen LogP contribution in [0.4, 0.5) is 0 Å². The molecule has 0 rings (SSSR count). The summed E-state index contributed by atoms with van der Waals surface area (Å²) in [5.41, 5.74) is 4.36. The van der Waals surface area contributed by atoms with Crippen LogP contribution < -0.4 is 11.1 Å². The molecule has 17 heavy (non-hydrogen) atoms. The fraction of sp³-hybridized carbons (Fsp3) is 0.700. The first-order valence-electron chi connectivity index (χ1n) is 5.12. The van der Waals surface area contributed by atoms with E-state index in [0.717, 1.165) is 11.8 Å². The van der Waals surface area contributed by atoms with Gasteiger partial charge in [-0.15, -0.1) is 11.8 Å². The summed E-state index contributed by atoms with van der Waals surface area (Å²) in [6.45, 7) is 3.51. The third-order valence-corrected chi connectivity index (χ3v) is 2.87. The van der Waals surface area contributed by atoms with Crippen LogP contribution in [0.15, 0.2) is 0 Å². The lowest BCUT2D eigenvalue weighted by Crippen LogP contribution is -2.44. The van der Waals surface area contributed by atoms with Gasteiger partial charge in [-0.05, 0) is 20.3 Å². The van der Waals surface area contributed by atoms with E-state index in [4.69, 9.17) is 10.8 Å². The Morgan fingerprint density at radius 1 is 1.29 bits per heavy atom. The maximum Gasteiger partial charge on any atom is 0.303 e. The molecule has 4 N–H and O–H groups in total. The Kier molecular flexibility index (Phi) is 6.64. The van der Waals surface area contributed by atoms with E-state index < -0.39 is 17.4 Å². The van der Waals surface area contributed by atoms with Gasteiger partial charge < -0.3 is 16.2 Å². The molecular formula is C10H18N2O4S. The van der Waals surface area contributed by atoms with Crippen molar-refractivity contribution in [1.29, 1.82) is 0 Å². The van der Waals surface area contributed by atoms with Crippen LogP contribution in [-0.2, 0) is 14.4 Å². The zero-order chi connectivity index (χ0) is 13.5. The summed E-state index contributed by atoms with van der Waals surface area (Å²) in [6, 6.07) is 0. The molecule has 0 radical (unpaired) electrons. The standard InChI is InChI=1S/C10H18N2O4S/c1-10(2,4-3-9(15)16)12-8(14)6-17-5-7(11)13/h3-6H2,1-2H3,(H2,11,13)(H,12,14)(H,15,16). The van der Waals surface area contributed by atoms with Crippen molar-refractivity contribution < 1.29 is 19.5 Å². The Morgan fingerprint density at radius 2 is 1.88 bits per heavy atom. The van der Waals surface area contributed by atoms with Gasteiger partial charge in [0.2, 0.25) is 11.8 Å². The highest BCUT2D eigenvalue weighted by Gasteiger charge is 2.21. The van der Waals surface area contributed by atoms with E-state index in [1.54, 1.807) is 13.8 Å². The average Bonchev–Trinajstić information content (AvgIpc) is 2.13. The molecule has 0 aliphatic carbocycles. The van der Waals surface area contributed by atoms with E-state index in [1.165, 1.54) is 0 Å². The highest BCUT2D eigenvalue weighted by Crippen LogP contribution is 2.11. The number of hydrogen-bond acceptors (Lipinski definition) is 4. The lowest BCUT2D eigenvalue weighted by Gasteiger charge is -2.25. The van der Waals surface area contributed by atoms with E-state index >= 15 is 0 Å². The van der Waals surface area contributed by atoms with Crippen molar-refractivity contribution in [2.45, 2.75) is 32.2 Å². The fourth-order valence-corrected chi connectivity index (χ4v) is 1.70. The number of amides is 2. The SMILES string of the molecule is CC(C)(CCC(=O)O)NC(=O)CSCC(N)=O. The van der Waals surface area contributed by atoms with Gasteiger partial charge in [0.05, 0.1) is 11.5 Å². The van der Waals surface area contributed by atoms with Gasteiger partial charge in [0, 0.05) is 12.0 Å². The first kappa shape index (κ1) is 15.8. The minimum Gasteiger partial charge on any atom is -0.481 e. The maximum atomic E-state index is 11.5. The Labute approximate surface area is 104 Å². The van der Waals surface area contributed by atoms with Gasteiger partial charge in [-0.2, -0.15) is 0 Å². The molecule has 2 amide bonds. The minimum absolute atomic E-state index is 0.00170. The fourth-order valence-electron chi connectivity index (χ4n) is 1.14. The number of aliphatic carboxylic acids is 1. The lowest BCUT2D eigenvalue weighted by molar-refractivity contribution is -0.137. The van der Waals surface area contributed by atoms with Gasteiger partial charge in [0.1, 0.15) is 0 Å². The molecule has 0 atom stereocenters. The first-order valence-corrected chi connectivity index (χ1v) is 6.27. The van der Waals surface area contributed by atoms with E-state index in [9.17, 15) is 14.4 Å². The summed E-state index contributed by atoms with van der Waals surface area (Å²) in [5, 5.41) is 11.3. The molecule has 0 unspecified atom stereocenters. The predicted molar refractivity (Wildman–Crippen MR) is 65.6 cm³/mol. The molecule has 0 spiro atoms. The Morgan fingerprint density at radius 3 is 2.35 bits per heavy atom. The third-order valence-electron chi connectivity index (χ3n) is 1.92. The predicted octanol–water partition coefficient (Wildman–Crippen LogP) is -0.0355. The third kappa shape index (κ3) is 9.68. The van der Waals surface area contributed by atoms with E-state index in [1.807, 2.05) is 0 Å². The van der Waals surface area contributed by atoms with E-state index in [2.05, 4.69) is 5.32 Å². The van der Waals surface area contributed by atoms with Crippen LogP contribution in [0.25, 0.3) is 0 Å². The van der Waals surface area contributed by atoms with Gasteiger partial charge in [0.25, 0.3) is 0 Å². The number of carboxylic acid groups (broad SMARTS) is 1. The van der Waals surface area contributed by atoms with Gasteiger partial charge in [-0.1, -0.05) is 0 Å². The van der Waals surface area contributed by atoms with Crippen LogP contribution in [-0.4, -0.2) is 39.9 Å². The molecule has 0 fully saturated rings. The Hall–Kier alpha value is -1.24. The van der Waals surface area contributed by atoms with Crippen LogP contribution >= 0.6 is 11.8 Å². The number of carbonyl (C=O) groups is 3. The summed E-state index contributed by atoms with van der Waals surface area (Å²) in [4.78, 5) is 32.3. The number of nitrogens with one attached hydrogen (secondary N) is 1. The van der Waals surface area contributed by atoms with Crippen molar-refractivity contribution in [2.75, 3.05) is 11.5 Å². The molecule has 0 aromatic carbocycles. The molecule has 7 heteroatoms. The zero-order valence-corrected chi connectivity index (χ0v) is 10.8. The maximum absolute atomic E-state index is 11.5. The second-order valence-corrected chi connectivity index (χ2v) is 5.27. The van der Waals surface area contributed by atoms with Crippen molar-refractivity contribution in [3.63, 3.8) is 0 Å². The van der Waals surface area contributed by atoms with Crippen molar-refractivity contribution in [3.05, 3.63) is 0 Å². The number of carboxylic acids is 1. The number of carbonyl (C=O) groups excluding carboxylic acids is 2. The largest absolute Gasteiger partial charge is 0.481 e. The van der Waals surface area contributed by atoms with Gasteiger partial charge in [0.15, 0.2) is 0 Å². The lowest BCUT2D eigenvalue weighted by atomic mass is 9.98. The van der Waals surface area contributed by atoms with E-state index in [-0.39, 0.29) is 23.8 Å². The molecule has 0 aliphatic heterocycles. The van der Waals surface area contributed by atoms with Crippen molar-refractivity contribution >= 4 is 29.5 Å². The Balaban J connectivity index is 3.91. The molecule has 0 aliphatic rings. The number of rotatable bonds is 8. The molecule has 0 saturated carbocycles.